The number of urea groups is 1. The van der Waals surface area contributed by atoms with Crippen molar-refractivity contribution in [3.63, 3.8) is 0 Å². The van der Waals surface area contributed by atoms with Crippen molar-refractivity contribution in [3.8, 4) is 0 Å². The van der Waals surface area contributed by atoms with Crippen LogP contribution in [0.1, 0.15) is 23.4 Å². The van der Waals surface area contributed by atoms with E-state index in [0.29, 0.717) is 12.8 Å². The molecule has 1 aliphatic carbocycles. The Kier molecular flexibility index (Phi) is 2.28. The third-order valence-electron chi connectivity index (χ3n) is 3.45. The Bertz CT molecular complexity index is 562. The Morgan fingerprint density at radius 2 is 2.17 bits per heavy atom. The molecule has 1 saturated heterocycles. The number of hydrogen-bond donors (Lipinski definition) is 1. The second kappa shape index (κ2) is 3.61. The standard InChI is InChI=1S/C11H11N3O3S/c1-6-7(18-5-12-6)4-14-9(16)11(2-3-11)8(15)13-10(14)17/h5H,2-4H2,1H3,(H,13,15,17). The predicted octanol–water partition coefficient (Wildman–Crippen LogP) is 0.810. The molecule has 2 aliphatic rings. The molecule has 18 heavy (non-hydrogen) atoms. The molecule has 1 aromatic heterocycles. The van der Waals surface area contributed by atoms with Crippen LogP contribution in [0.2, 0.25) is 0 Å². The lowest BCUT2D eigenvalue weighted by molar-refractivity contribution is -0.145. The van der Waals surface area contributed by atoms with Gasteiger partial charge in [-0.2, -0.15) is 0 Å². The zero-order valence-electron chi connectivity index (χ0n) is 9.73. The van der Waals surface area contributed by atoms with Gasteiger partial charge < -0.3 is 0 Å². The highest BCUT2D eigenvalue weighted by Crippen LogP contribution is 2.49. The minimum absolute atomic E-state index is 0.191. The van der Waals surface area contributed by atoms with Gasteiger partial charge in [0.25, 0.3) is 0 Å². The first kappa shape index (κ1) is 11.3. The lowest BCUT2D eigenvalue weighted by Gasteiger charge is -2.29. The first-order valence-corrected chi connectivity index (χ1v) is 6.49. The summed E-state index contributed by atoms with van der Waals surface area (Å²) in [5, 5.41) is 2.26. The van der Waals surface area contributed by atoms with Crippen LogP contribution in [0.15, 0.2) is 5.51 Å². The van der Waals surface area contributed by atoms with Crippen molar-refractivity contribution in [3.05, 3.63) is 16.1 Å². The van der Waals surface area contributed by atoms with Gasteiger partial charge in [0.1, 0.15) is 5.41 Å². The Hall–Kier alpha value is -1.76. The molecule has 2 heterocycles. The molecule has 1 N–H and O–H groups in total. The molecular formula is C11H11N3O3S. The van der Waals surface area contributed by atoms with E-state index in [9.17, 15) is 14.4 Å². The number of aromatic nitrogens is 1. The topological polar surface area (TPSA) is 79.4 Å². The van der Waals surface area contributed by atoms with Gasteiger partial charge >= 0.3 is 6.03 Å². The number of rotatable bonds is 2. The van der Waals surface area contributed by atoms with Gasteiger partial charge in [0, 0.05) is 4.88 Å². The van der Waals surface area contributed by atoms with E-state index in [4.69, 9.17) is 0 Å². The summed E-state index contributed by atoms with van der Waals surface area (Å²) >= 11 is 1.40. The highest BCUT2D eigenvalue weighted by atomic mass is 32.1. The number of barbiturate groups is 1. The summed E-state index contributed by atoms with van der Waals surface area (Å²) in [5.74, 6) is -0.821. The van der Waals surface area contributed by atoms with E-state index in [-0.39, 0.29) is 12.5 Å². The summed E-state index contributed by atoms with van der Waals surface area (Å²) in [7, 11) is 0. The zero-order chi connectivity index (χ0) is 12.9. The summed E-state index contributed by atoms with van der Waals surface area (Å²) in [4.78, 5) is 41.6. The Morgan fingerprint density at radius 3 is 2.72 bits per heavy atom. The Balaban J connectivity index is 1.87. The van der Waals surface area contributed by atoms with Crippen LogP contribution in [-0.2, 0) is 16.1 Å². The largest absolute Gasteiger partial charge is 0.331 e. The van der Waals surface area contributed by atoms with Gasteiger partial charge in [-0.1, -0.05) is 0 Å². The van der Waals surface area contributed by atoms with Crippen molar-refractivity contribution in [2.24, 2.45) is 5.41 Å². The summed E-state index contributed by atoms with van der Waals surface area (Å²) in [6, 6.07) is -0.629. The molecule has 2 fully saturated rings. The number of hydrogen-bond acceptors (Lipinski definition) is 5. The fourth-order valence-corrected chi connectivity index (χ4v) is 2.83. The maximum atomic E-state index is 12.2. The summed E-state index contributed by atoms with van der Waals surface area (Å²) < 4.78 is 0. The number of nitrogens with zero attached hydrogens (tertiary/aromatic N) is 2. The van der Waals surface area contributed by atoms with Gasteiger partial charge in [0.15, 0.2) is 0 Å². The van der Waals surface area contributed by atoms with E-state index in [1.807, 2.05) is 6.92 Å². The molecule has 1 saturated carbocycles. The van der Waals surface area contributed by atoms with Gasteiger partial charge in [-0.05, 0) is 19.8 Å². The first-order valence-electron chi connectivity index (χ1n) is 5.61. The van der Waals surface area contributed by atoms with E-state index in [1.165, 1.54) is 11.3 Å². The number of amides is 4. The van der Waals surface area contributed by atoms with Gasteiger partial charge in [-0.15, -0.1) is 11.3 Å². The second-order valence-electron chi connectivity index (χ2n) is 4.59. The number of carbonyl (C=O) groups excluding carboxylic acids is 3. The van der Waals surface area contributed by atoms with Crippen LogP contribution in [0.3, 0.4) is 0 Å². The van der Waals surface area contributed by atoms with E-state index in [1.54, 1.807) is 5.51 Å². The molecule has 1 aliphatic heterocycles. The van der Waals surface area contributed by atoms with Crippen molar-refractivity contribution in [2.75, 3.05) is 0 Å². The Labute approximate surface area is 107 Å². The molecule has 0 unspecified atom stereocenters. The van der Waals surface area contributed by atoms with Crippen LogP contribution < -0.4 is 5.32 Å². The van der Waals surface area contributed by atoms with Crippen molar-refractivity contribution < 1.29 is 14.4 Å². The first-order chi connectivity index (χ1) is 8.54. The third-order valence-corrected chi connectivity index (χ3v) is 4.37. The lowest BCUT2D eigenvalue weighted by Crippen LogP contribution is -2.58. The molecule has 3 rings (SSSR count). The molecule has 4 amide bonds. The maximum absolute atomic E-state index is 12.2. The molecule has 0 atom stereocenters. The zero-order valence-corrected chi connectivity index (χ0v) is 10.5. The van der Waals surface area contributed by atoms with E-state index in [0.717, 1.165) is 15.5 Å². The molecule has 94 valence electrons. The molecular weight excluding hydrogens is 254 g/mol. The Morgan fingerprint density at radius 1 is 1.44 bits per heavy atom. The molecule has 1 spiro atoms. The fourth-order valence-electron chi connectivity index (χ4n) is 2.06. The number of carbonyl (C=O) groups is 3. The van der Waals surface area contributed by atoms with Crippen LogP contribution >= 0.6 is 11.3 Å². The summed E-state index contributed by atoms with van der Waals surface area (Å²) in [5.41, 5.74) is 1.52. The second-order valence-corrected chi connectivity index (χ2v) is 5.53. The van der Waals surface area contributed by atoms with Gasteiger partial charge in [0.05, 0.1) is 17.7 Å². The minimum atomic E-state index is -0.966. The average molecular weight is 265 g/mol. The van der Waals surface area contributed by atoms with Crippen molar-refractivity contribution in [2.45, 2.75) is 26.3 Å². The monoisotopic (exact) mass is 265 g/mol. The van der Waals surface area contributed by atoms with Crippen LogP contribution in [0.5, 0.6) is 0 Å². The quantitative estimate of drug-likeness (QED) is 0.802. The number of aryl methyl sites for hydroxylation is 1. The smallest absolute Gasteiger partial charge is 0.277 e. The van der Waals surface area contributed by atoms with E-state index < -0.39 is 17.4 Å². The van der Waals surface area contributed by atoms with Gasteiger partial charge in [-0.3, -0.25) is 19.8 Å². The third kappa shape index (κ3) is 1.47. The van der Waals surface area contributed by atoms with Crippen LogP contribution in [-0.4, -0.2) is 27.7 Å². The average Bonchev–Trinajstić information content (AvgIpc) is 3.03. The molecule has 1 aromatic rings. The molecule has 0 radical (unpaired) electrons. The van der Waals surface area contributed by atoms with E-state index in [2.05, 4.69) is 10.3 Å². The highest BCUT2D eigenvalue weighted by Gasteiger charge is 2.62. The number of nitrogens with one attached hydrogen (secondary N) is 1. The lowest BCUT2D eigenvalue weighted by atomic mass is 10.0. The normalized spacial score (nSPS) is 21.4. The SMILES string of the molecule is Cc1ncsc1CN1C(=O)NC(=O)C2(CC2)C1=O. The summed E-state index contributed by atoms with van der Waals surface area (Å²) in [6.45, 7) is 2.02. The fraction of sp³-hybridized carbons (Fsp3) is 0.455. The van der Waals surface area contributed by atoms with Gasteiger partial charge in [-0.25, -0.2) is 9.78 Å². The highest BCUT2D eigenvalue weighted by molar-refractivity contribution is 7.09. The van der Waals surface area contributed by atoms with Crippen LogP contribution in [0.25, 0.3) is 0 Å². The van der Waals surface area contributed by atoms with E-state index >= 15 is 0 Å². The number of imide groups is 2. The predicted molar refractivity (Wildman–Crippen MR) is 62.6 cm³/mol. The summed E-state index contributed by atoms with van der Waals surface area (Å²) in [6.07, 6.45) is 1.06. The van der Waals surface area contributed by atoms with Crippen molar-refractivity contribution in [1.82, 2.24) is 15.2 Å². The molecule has 0 bridgehead atoms. The molecule has 7 heteroatoms. The van der Waals surface area contributed by atoms with Crippen LogP contribution in [0.4, 0.5) is 4.79 Å². The van der Waals surface area contributed by atoms with Crippen molar-refractivity contribution in [1.29, 1.82) is 0 Å². The minimum Gasteiger partial charge on any atom is -0.277 e. The van der Waals surface area contributed by atoms with Crippen molar-refractivity contribution >= 4 is 29.2 Å². The van der Waals surface area contributed by atoms with Gasteiger partial charge in [0.2, 0.25) is 11.8 Å². The molecule has 0 aromatic carbocycles. The molecule has 6 nitrogen and oxygen atoms in total. The number of thiazole rings is 1. The maximum Gasteiger partial charge on any atom is 0.331 e. The van der Waals surface area contributed by atoms with Crippen LogP contribution in [0, 0.1) is 12.3 Å².